The molecule has 0 aliphatic heterocycles. The maximum atomic E-state index is 13.3. The highest BCUT2D eigenvalue weighted by molar-refractivity contribution is 6.74. The minimum absolute atomic E-state index is 0.0162. The second kappa shape index (κ2) is 13.2. The molecular weight excluding hydrogens is 611 g/mol. The van der Waals surface area contributed by atoms with Crippen LogP contribution in [0.15, 0.2) is 83.0 Å². The first-order valence-corrected chi connectivity index (χ1v) is 17.8. The molecule has 2 heterocycles. The molecule has 1 N–H and O–H groups in total. The molecule has 0 aliphatic carbocycles. The van der Waals surface area contributed by atoms with Crippen LogP contribution in [0.1, 0.15) is 64.3 Å². The Bertz CT molecular complexity index is 1700. The fourth-order valence-electron chi connectivity index (χ4n) is 4.08. The molecule has 0 saturated carbocycles. The van der Waals surface area contributed by atoms with E-state index in [1.165, 1.54) is 0 Å². The molecule has 2 aromatic heterocycles. The third kappa shape index (κ3) is 9.09. The largest absolute Gasteiger partial charge is 0.543 e. The summed E-state index contributed by atoms with van der Waals surface area (Å²) >= 11 is 0. The number of rotatable bonds is 9. The number of furan rings is 1. The maximum Gasteiger partial charge on any atom is 0.449 e. The van der Waals surface area contributed by atoms with E-state index in [1.807, 2.05) is 54.6 Å². The van der Waals surface area contributed by atoms with Gasteiger partial charge in [0.2, 0.25) is 14.1 Å². The van der Waals surface area contributed by atoms with Crippen LogP contribution in [0.5, 0.6) is 5.75 Å². The summed E-state index contributed by atoms with van der Waals surface area (Å²) < 4.78 is 56.7. The van der Waals surface area contributed by atoms with Gasteiger partial charge in [-0.25, -0.2) is 14.8 Å². The van der Waals surface area contributed by atoms with Gasteiger partial charge in [0.25, 0.3) is 0 Å². The van der Waals surface area contributed by atoms with E-state index in [1.54, 1.807) is 27.0 Å². The highest BCUT2D eigenvalue weighted by Crippen LogP contribution is 2.38. The highest BCUT2D eigenvalue weighted by Gasteiger charge is 2.39. The molecule has 0 saturated heterocycles. The van der Waals surface area contributed by atoms with Gasteiger partial charge >= 0.3 is 12.1 Å². The minimum atomic E-state index is -4.68. The summed E-state index contributed by atoms with van der Waals surface area (Å²) in [6, 6.07) is 19.2. The van der Waals surface area contributed by atoms with E-state index in [2.05, 4.69) is 44.2 Å². The summed E-state index contributed by atoms with van der Waals surface area (Å²) in [5, 5.41) is 2.99. The van der Waals surface area contributed by atoms with E-state index in [9.17, 15) is 18.0 Å². The molecule has 0 bridgehead atoms. The third-order valence-corrected chi connectivity index (χ3v) is 11.8. The summed E-state index contributed by atoms with van der Waals surface area (Å²) in [5.41, 5.74) is 1.78. The van der Waals surface area contributed by atoms with Gasteiger partial charge in [-0.1, -0.05) is 63.2 Å². The van der Waals surface area contributed by atoms with Gasteiger partial charge in [0.15, 0.2) is 5.82 Å². The number of hydrogen-bond donors (Lipinski definition) is 1. The van der Waals surface area contributed by atoms with Crippen LogP contribution in [-0.2, 0) is 22.1 Å². The number of carbonyl (C=O) groups is 1. The lowest BCUT2D eigenvalue weighted by atomic mass is 10.1. The summed E-state index contributed by atoms with van der Waals surface area (Å²) in [6.45, 7) is 16.0. The smallest absolute Gasteiger partial charge is 0.449 e. The van der Waals surface area contributed by atoms with Gasteiger partial charge in [0.05, 0.1) is 17.6 Å². The van der Waals surface area contributed by atoms with Crippen LogP contribution in [-0.4, -0.2) is 29.9 Å². The van der Waals surface area contributed by atoms with Gasteiger partial charge in [-0.05, 0) is 68.7 Å². The van der Waals surface area contributed by atoms with Crippen LogP contribution in [0.4, 0.5) is 19.0 Å². The van der Waals surface area contributed by atoms with E-state index in [-0.39, 0.29) is 22.3 Å². The first kappa shape index (κ1) is 34.5. The summed E-state index contributed by atoms with van der Waals surface area (Å²) in [6.07, 6.45) is -1.59. The molecule has 7 nitrogen and oxygen atoms in total. The number of hydrogen-bond acceptors (Lipinski definition) is 7. The van der Waals surface area contributed by atoms with E-state index < -0.39 is 31.8 Å². The predicted molar refractivity (Wildman–Crippen MR) is 176 cm³/mol. The molecule has 2 aromatic carbocycles. The molecule has 0 unspecified atom stereocenters. The second-order valence-electron chi connectivity index (χ2n) is 13.5. The highest BCUT2D eigenvalue weighted by atomic mass is 28.4. The molecule has 4 aromatic rings. The fraction of sp³-hybridized carbons (Fsp3) is 0.343. The number of ether oxygens (including phenoxy) is 1. The topological polar surface area (TPSA) is 86.5 Å². The van der Waals surface area contributed by atoms with Crippen molar-refractivity contribution in [2.75, 3.05) is 5.32 Å². The zero-order valence-electron chi connectivity index (χ0n) is 27.4. The van der Waals surface area contributed by atoms with Crippen LogP contribution in [0.2, 0.25) is 18.1 Å². The van der Waals surface area contributed by atoms with Crippen LogP contribution >= 0.6 is 0 Å². The van der Waals surface area contributed by atoms with Gasteiger partial charge in [0.1, 0.15) is 22.8 Å². The van der Waals surface area contributed by atoms with Gasteiger partial charge in [-0.15, -0.1) is 0 Å². The molecule has 4 rings (SSSR count). The number of aromatic nitrogens is 2. The van der Waals surface area contributed by atoms with Crippen molar-refractivity contribution in [3.63, 3.8) is 0 Å². The first-order valence-electron chi connectivity index (χ1n) is 14.9. The lowest BCUT2D eigenvalue weighted by molar-refractivity contribution is -0.153. The molecule has 0 aliphatic rings. The van der Waals surface area contributed by atoms with Crippen LogP contribution in [0.3, 0.4) is 0 Å². The van der Waals surface area contributed by atoms with Crippen LogP contribution < -0.4 is 9.74 Å². The number of carbonyl (C=O) groups excluding carboxylic acids is 1. The second-order valence-corrected chi connectivity index (χ2v) is 18.2. The van der Waals surface area contributed by atoms with Crippen LogP contribution in [0, 0.1) is 0 Å². The minimum Gasteiger partial charge on any atom is -0.543 e. The lowest BCUT2D eigenvalue weighted by Gasteiger charge is -2.36. The van der Waals surface area contributed by atoms with Crippen molar-refractivity contribution in [2.24, 2.45) is 0 Å². The zero-order valence-corrected chi connectivity index (χ0v) is 28.4. The monoisotopic (exact) mass is 651 g/mol. The standard InChI is InChI=1S/C35H40F3N3O4Si/c1-33(2,3)44-32(42)28(21-25-17-18-30(43-25)35(36,37)38)41-31-27(19-23-13-10-9-11-14-23)40-29(22-39-31)24-15-12-16-26(20-24)45-46(7,8)34(4,5)6/h9-18,20-22H,19H2,1-8H3,(H,39,41). The molecule has 0 radical (unpaired) electrons. The Morgan fingerprint density at radius 2 is 1.65 bits per heavy atom. The molecular formula is C35H40F3N3O4Si. The van der Waals surface area contributed by atoms with E-state index in [0.717, 1.165) is 35.1 Å². The Kier molecular flexibility index (Phi) is 9.86. The third-order valence-electron chi connectivity index (χ3n) is 7.43. The predicted octanol–water partition coefficient (Wildman–Crippen LogP) is 9.52. The quantitative estimate of drug-likeness (QED) is 0.110. The molecule has 0 fully saturated rings. The molecule has 0 amide bonds. The molecule has 244 valence electrons. The zero-order chi connectivity index (χ0) is 33.9. The normalized spacial score (nSPS) is 13.0. The van der Waals surface area contributed by atoms with E-state index in [0.29, 0.717) is 17.8 Å². The molecule has 11 heteroatoms. The first-order chi connectivity index (χ1) is 21.3. The van der Waals surface area contributed by atoms with Crippen molar-refractivity contribution < 1.29 is 31.5 Å². The van der Waals surface area contributed by atoms with Crippen molar-refractivity contribution >= 4 is 26.2 Å². The number of esters is 1. The van der Waals surface area contributed by atoms with Gasteiger partial charge < -0.3 is 18.9 Å². The number of nitrogens with zero attached hydrogens (tertiary/aromatic N) is 2. The van der Waals surface area contributed by atoms with Crippen molar-refractivity contribution in [1.82, 2.24) is 9.97 Å². The Morgan fingerprint density at radius 1 is 0.957 bits per heavy atom. The SMILES string of the molecule is CC(C)(C)OC(=O)C(=Cc1ccc(C(F)(F)F)o1)Nc1ncc(-c2cccc(O[Si](C)(C)C(C)(C)C)c2)nc1Cc1ccccc1. The van der Waals surface area contributed by atoms with Crippen molar-refractivity contribution in [3.05, 3.63) is 101 Å². The van der Waals surface area contributed by atoms with Crippen LogP contribution in [0.25, 0.3) is 17.3 Å². The van der Waals surface area contributed by atoms with Crippen molar-refractivity contribution in [1.29, 1.82) is 0 Å². The number of benzene rings is 2. The summed E-state index contributed by atoms with van der Waals surface area (Å²) in [5.74, 6) is -1.20. The van der Waals surface area contributed by atoms with Gasteiger partial charge in [-0.2, -0.15) is 13.2 Å². The Balaban J connectivity index is 1.76. The van der Waals surface area contributed by atoms with E-state index >= 15 is 0 Å². The number of halogens is 3. The average Bonchev–Trinajstić information content (AvgIpc) is 3.42. The lowest BCUT2D eigenvalue weighted by Crippen LogP contribution is -2.43. The molecule has 0 atom stereocenters. The van der Waals surface area contributed by atoms with Crippen molar-refractivity contribution in [3.8, 4) is 17.0 Å². The summed E-state index contributed by atoms with van der Waals surface area (Å²) in [7, 11) is -2.09. The maximum absolute atomic E-state index is 13.3. The molecule has 0 spiro atoms. The number of nitrogens with one attached hydrogen (secondary N) is 1. The Hall–Kier alpha value is -4.38. The number of alkyl halides is 3. The van der Waals surface area contributed by atoms with Crippen molar-refractivity contribution in [2.45, 2.75) is 77.9 Å². The molecule has 46 heavy (non-hydrogen) atoms. The average molecular weight is 652 g/mol. The van der Waals surface area contributed by atoms with Gasteiger partial charge in [-0.3, -0.25) is 0 Å². The van der Waals surface area contributed by atoms with Gasteiger partial charge in [0, 0.05) is 18.1 Å². The summed E-state index contributed by atoms with van der Waals surface area (Å²) in [4.78, 5) is 22.8. The Labute approximate surface area is 269 Å². The van der Waals surface area contributed by atoms with E-state index in [4.69, 9.17) is 18.6 Å². The number of anilines is 1. The fourth-order valence-corrected chi connectivity index (χ4v) is 5.10. The Morgan fingerprint density at radius 3 is 2.26 bits per heavy atom.